The maximum Gasteiger partial charge on any atom is 0.408 e. The Morgan fingerprint density at radius 3 is 2.17 bits per heavy atom. The van der Waals surface area contributed by atoms with Crippen molar-refractivity contribution < 1.29 is 32.3 Å². The number of ether oxygens (including phenoxy) is 2. The minimum atomic E-state index is -4.13. The van der Waals surface area contributed by atoms with Gasteiger partial charge in [0.15, 0.2) is 0 Å². The van der Waals surface area contributed by atoms with Gasteiger partial charge in [-0.15, -0.1) is 0 Å². The van der Waals surface area contributed by atoms with Crippen LogP contribution in [-0.2, 0) is 36.7 Å². The minimum absolute atomic E-state index is 0.00259. The number of hydrogen-bond acceptors (Lipinski definition) is 7. The highest BCUT2D eigenvalue weighted by atomic mass is 32.2. The first-order valence-corrected chi connectivity index (χ1v) is 15.8. The first-order chi connectivity index (χ1) is 18.6. The van der Waals surface area contributed by atoms with Gasteiger partial charge in [-0.05, 0) is 63.5 Å². The van der Waals surface area contributed by atoms with E-state index in [4.69, 9.17) is 9.47 Å². The van der Waals surface area contributed by atoms with Crippen molar-refractivity contribution in [1.29, 1.82) is 0 Å². The van der Waals surface area contributed by atoms with E-state index in [0.29, 0.717) is 17.0 Å². The van der Waals surface area contributed by atoms with Crippen LogP contribution in [-0.4, -0.2) is 44.2 Å². The number of carbonyl (C=O) groups is 3. The molecule has 1 aliphatic rings. The minimum Gasteiger partial charge on any atom is -0.445 e. The quantitative estimate of drug-likeness (QED) is 0.310. The van der Waals surface area contributed by atoms with Gasteiger partial charge in [0, 0.05) is 6.04 Å². The van der Waals surface area contributed by atoms with Gasteiger partial charge in [0.1, 0.15) is 18.2 Å². The zero-order valence-electron chi connectivity index (χ0n) is 24.7. The largest absolute Gasteiger partial charge is 0.445 e. The molecule has 40 heavy (non-hydrogen) atoms. The molecule has 0 aromatic heterocycles. The number of hydrogen-bond donors (Lipinski definition) is 3. The summed E-state index contributed by atoms with van der Waals surface area (Å²) in [7, 11) is -4.13. The molecule has 2 rings (SSSR count). The summed E-state index contributed by atoms with van der Waals surface area (Å²) >= 11 is 0. The number of rotatable bonds is 12. The van der Waals surface area contributed by atoms with E-state index >= 15 is 0 Å². The van der Waals surface area contributed by atoms with Crippen molar-refractivity contribution in [3.05, 3.63) is 35.4 Å². The van der Waals surface area contributed by atoms with Gasteiger partial charge in [0.25, 0.3) is 5.91 Å². The number of amides is 3. The lowest BCUT2D eigenvalue weighted by Crippen LogP contribution is -2.50. The van der Waals surface area contributed by atoms with Crippen LogP contribution in [0.15, 0.2) is 24.3 Å². The Labute approximate surface area is 239 Å². The fourth-order valence-electron chi connectivity index (χ4n) is 4.82. The summed E-state index contributed by atoms with van der Waals surface area (Å²) in [6.45, 7) is 10.6. The molecule has 11 heteroatoms. The lowest BCUT2D eigenvalue weighted by molar-refractivity contribution is -0.121. The fourth-order valence-corrected chi connectivity index (χ4v) is 6.04. The van der Waals surface area contributed by atoms with E-state index in [1.165, 1.54) is 32.1 Å². The molecule has 3 N–H and O–H groups in total. The smallest absolute Gasteiger partial charge is 0.408 e. The van der Waals surface area contributed by atoms with E-state index in [-0.39, 0.29) is 25.0 Å². The van der Waals surface area contributed by atoms with Crippen molar-refractivity contribution >= 4 is 28.1 Å². The number of carbonyl (C=O) groups excluding carboxylic acids is 3. The molecule has 0 saturated heterocycles. The standard InChI is InChI=1S/C29H47N3O7S/c1-20(2)16-25(31-28(35)39-29(4,5)6)26(33)32-40(36,37)19-24-15-11-10-14-23(24)18-38-27(34)30-21(3)17-22-12-8-7-9-13-22/h10-11,14-15,20-22,25H,7-9,12-13,16-19H2,1-6H3,(H,30,34)(H,31,35)(H,32,33). The first kappa shape index (κ1) is 33.4. The Balaban J connectivity index is 1.97. The second-order valence-electron chi connectivity index (χ2n) is 12.2. The van der Waals surface area contributed by atoms with Crippen LogP contribution in [0, 0.1) is 11.8 Å². The van der Waals surface area contributed by atoms with Crippen LogP contribution in [0.4, 0.5) is 9.59 Å². The van der Waals surface area contributed by atoms with Gasteiger partial charge in [-0.2, -0.15) is 0 Å². The average molecular weight is 582 g/mol. The SMILES string of the molecule is CC(C)CC(NC(=O)OC(C)(C)C)C(=O)NS(=O)(=O)Cc1ccccc1COC(=O)NC(C)CC1CCCCC1. The summed E-state index contributed by atoms with van der Waals surface area (Å²) in [5.41, 5.74) is 0.137. The van der Waals surface area contributed by atoms with E-state index in [1.807, 2.05) is 20.8 Å². The molecule has 1 fully saturated rings. The Bertz CT molecular complexity index is 1090. The van der Waals surface area contributed by atoms with E-state index in [0.717, 1.165) is 6.42 Å². The second-order valence-corrected chi connectivity index (χ2v) is 13.9. The maximum atomic E-state index is 12.9. The first-order valence-electron chi connectivity index (χ1n) is 14.2. The van der Waals surface area contributed by atoms with Gasteiger partial charge in [0.05, 0.1) is 5.75 Å². The maximum absolute atomic E-state index is 12.9. The molecular formula is C29H47N3O7S. The fraction of sp³-hybridized carbons (Fsp3) is 0.690. The Morgan fingerprint density at radius 1 is 0.950 bits per heavy atom. The lowest BCUT2D eigenvalue weighted by Gasteiger charge is -2.25. The summed E-state index contributed by atoms with van der Waals surface area (Å²) in [6, 6.07) is 5.57. The van der Waals surface area contributed by atoms with Crippen LogP contribution in [0.2, 0.25) is 0 Å². The van der Waals surface area contributed by atoms with Crippen molar-refractivity contribution in [1.82, 2.24) is 15.4 Å². The summed E-state index contributed by atoms with van der Waals surface area (Å²) < 4.78 is 38.6. The zero-order chi connectivity index (χ0) is 29.9. The molecule has 2 atom stereocenters. The Kier molecular flexibility index (Phi) is 12.7. The van der Waals surface area contributed by atoms with Crippen LogP contribution in [0.5, 0.6) is 0 Å². The average Bonchev–Trinajstić information content (AvgIpc) is 2.81. The number of benzene rings is 1. The molecule has 0 bridgehead atoms. The highest BCUT2D eigenvalue weighted by Gasteiger charge is 2.28. The van der Waals surface area contributed by atoms with Gasteiger partial charge in [0.2, 0.25) is 10.0 Å². The summed E-state index contributed by atoms with van der Waals surface area (Å²) in [5.74, 6) is -0.731. The monoisotopic (exact) mass is 581 g/mol. The third-order valence-electron chi connectivity index (χ3n) is 6.57. The van der Waals surface area contributed by atoms with E-state index < -0.39 is 45.5 Å². The van der Waals surface area contributed by atoms with Crippen LogP contribution >= 0.6 is 0 Å². The lowest BCUT2D eigenvalue weighted by atomic mass is 9.85. The topological polar surface area (TPSA) is 140 Å². The summed E-state index contributed by atoms with van der Waals surface area (Å²) in [4.78, 5) is 37.5. The molecule has 0 spiro atoms. The molecule has 1 saturated carbocycles. The van der Waals surface area contributed by atoms with Crippen molar-refractivity contribution in [2.75, 3.05) is 0 Å². The molecule has 10 nitrogen and oxygen atoms in total. The molecule has 3 amide bonds. The highest BCUT2D eigenvalue weighted by molar-refractivity contribution is 7.89. The van der Waals surface area contributed by atoms with Gasteiger partial charge in [-0.1, -0.05) is 70.2 Å². The molecule has 1 aliphatic carbocycles. The molecule has 1 aromatic carbocycles. The Hall–Kier alpha value is -2.82. The predicted molar refractivity (Wildman–Crippen MR) is 154 cm³/mol. The van der Waals surface area contributed by atoms with E-state index in [9.17, 15) is 22.8 Å². The van der Waals surface area contributed by atoms with Gasteiger partial charge in [-0.3, -0.25) is 9.52 Å². The van der Waals surface area contributed by atoms with Crippen molar-refractivity contribution in [2.24, 2.45) is 11.8 Å². The summed E-state index contributed by atoms with van der Waals surface area (Å²) in [5, 5.41) is 5.34. The molecule has 0 radical (unpaired) electrons. The van der Waals surface area contributed by atoms with Crippen LogP contribution in [0.3, 0.4) is 0 Å². The third kappa shape index (κ3) is 13.0. The van der Waals surface area contributed by atoms with E-state index in [1.54, 1.807) is 45.0 Å². The van der Waals surface area contributed by atoms with Crippen molar-refractivity contribution in [3.63, 3.8) is 0 Å². The third-order valence-corrected chi connectivity index (χ3v) is 7.77. The van der Waals surface area contributed by atoms with Gasteiger partial charge < -0.3 is 20.1 Å². The van der Waals surface area contributed by atoms with Crippen molar-refractivity contribution in [3.8, 4) is 0 Å². The predicted octanol–water partition coefficient (Wildman–Crippen LogP) is 5.16. The number of alkyl carbamates (subject to hydrolysis) is 2. The van der Waals surface area contributed by atoms with E-state index in [2.05, 4.69) is 15.4 Å². The van der Waals surface area contributed by atoms with Crippen LogP contribution < -0.4 is 15.4 Å². The molecule has 0 heterocycles. The molecular weight excluding hydrogens is 534 g/mol. The molecule has 1 aromatic rings. The number of sulfonamides is 1. The Morgan fingerprint density at radius 2 is 1.57 bits per heavy atom. The molecule has 2 unspecified atom stereocenters. The summed E-state index contributed by atoms with van der Waals surface area (Å²) in [6.07, 6.45) is 5.90. The molecule has 226 valence electrons. The van der Waals surface area contributed by atoms with Gasteiger partial charge in [-0.25, -0.2) is 18.0 Å². The highest BCUT2D eigenvalue weighted by Crippen LogP contribution is 2.27. The van der Waals surface area contributed by atoms with Gasteiger partial charge >= 0.3 is 12.2 Å². The molecule has 0 aliphatic heterocycles. The number of nitrogens with one attached hydrogen (secondary N) is 3. The van der Waals surface area contributed by atoms with Crippen LogP contribution in [0.1, 0.15) is 97.6 Å². The normalized spacial score (nSPS) is 16.1. The van der Waals surface area contributed by atoms with Crippen LogP contribution in [0.25, 0.3) is 0 Å². The zero-order valence-corrected chi connectivity index (χ0v) is 25.6. The van der Waals surface area contributed by atoms with Crippen molar-refractivity contribution in [2.45, 2.75) is 117 Å². The second kappa shape index (κ2) is 15.3.